The SMILES string of the molecule is Cc1ccc2cccc(NC3CCCN(C)CC3)c2n1. The van der Waals surface area contributed by atoms with Gasteiger partial charge in [-0.3, -0.25) is 4.98 Å². The first kappa shape index (κ1) is 13.4. The molecule has 1 unspecified atom stereocenters. The van der Waals surface area contributed by atoms with Gasteiger partial charge in [0.1, 0.15) is 0 Å². The molecule has 0 saturated carbocycles. The molecule has 0 bridgehead atoms. The van der Waals surface area contributed by atoms with Crippen LogP contribution in [0.4, 0.5) is 5.69 Å². The second kappa shape index (κ2) is 5.80. The monoisotopic (exact) mass is 269 g/mol. The van der Waals surface area contributed by atoms with Crippen molar-refractivity contribution in [2.75, 3.05) is 25.5 Å². The van der Waals surface area contributed by atoms with Gasteiger partial charge in [0.15, 0.2) is 0 Å². The number of aromatic nitrogens is 1. The number of para-hydroxylation sites is 1. The maximum Gasteiger partial charge on any atom is 0.0936 e. The molecule has 0 radical (unpaired) electrons. The summed E-state index contributed by atoms with van der Waals surface area (Å²) in [5.74, 6) is 0. The number of fused-ring (bicyclic) bond motifs is 1. The number of anilines is 1. The molecule has 1 atom stereocenters. The summed E-state index contributed by atoms with van der Waals surface area (Å²) in [5, 5.41) is 4.94. The number of pyridine rings is 1. The van der Waals surface area contributed by atoms with Crippen molar-refractivity contribution in [3.63, 3.8) is 0 Å². The summed E-state index contributed by atoms with van der Waals surface area (Å²) in [6.45, 7) is 4.44. The molecule has 1 saturated heterocycles. The zero-order valence-corrected chi connectivity index (χ0v) is 12.4. The number of likely N-dealkylation sites (tertiary alicyclic amines) is 1. The lowest BCUT2D eigenvalue weighted by Gasteiger charge is -2.19. The highest BCUT2D eigenvalue weighted by Gasteiger charge is 2.15. The molecule has 3 heteroatoms. The average Bonchev–Trinajstić information content (AvgIpc) is 2.64. The van der Waals surface area contributed by atoms with Crippen molar-refractivity contribution in [2.45, 2.75) is 32.2 Å². The number of nitrogens with zero attached hydrogens (tertiary/aromatic N) is 2. The van der Waals surface area contributed by atoms with Crippen LogP contribution in [0, 0.1) is 6.92 Å². The van der Waals surface area contributed by atoms with Gasteiger partial charge in [-0.15, -0.1) is 0 Å². The van der Waals surface area contributed by atoms with Crippen molar-refractivity contribution >= 4 is 16.6 Å². The van der Waals surface area contributed by atoms with Crippen LogP contribution in [0.15, 0.2) is 30.3 Å². The van der Waals surface area contributed by atoms with Crippen molar-refractivity contribution in [1.82, 2.24) is 9.88 Å². The van der Waals surface area contributed by atoms with Crippen LogP contribution >= 0.6 is 0 Å². The quantitative estimate of drug-likeness (QED) is 0.905. The van der Waals surface area contributed by atoms with Gasteiger partial charge in [-0.2, -0.15) is 0 Å². The molecule has 1 aromatic heterocycles. The Morgan fingerprint density at radius 2 is 2.05 bits per heavy atom. The molecule has 3 rings (SSSR count). The molecule has 2 heterocycles. The van der Waals surface area contributed by atoms with E-state index in [-0.39, 0.29) is 0 Å². The van der Waals surface area contributed by atoms with E-state index in [1.165, 1.54) is 43.4 Å². The summed E-state index contributed by atoms with van der Waals surface area (Å²) in [7, 11) is 2.21. The highest BCUT2D eigenvalue weighted by atomic mass is 15.1. The third-order valence-corrected chi connectivity index (χ3v) is 4.17. The Balaban J connectivity index is 1.85. The lowest BCUT2D eigenvalue weighted by Crippen LogP contribution is -2.23. The van der Waals surface area contributed by atoms with Gasteiger partial charge in [0.2, 0.25) is 0 Å². The van der Waals surface area contributed by atoms with E-state index in [0.29, 0.717) is 6.04 Å². The highest BCUT2D eigenvalue weighted by Crippen LogP contribution is 2.24. The number of aryl methyl sites for hydroxylation is 1. The van der Waals surface area contributed by atoms with Crippen molar-refractivity contribution in [1.29, 1.82) is 0 Å². The van der Waals surface area contributed by atoms with E-state index in [4.69, 9.17) is 4.98 Å². The van der Waals surface area contributed by atoms with E-state index >= 15 is 0 Å². The molecule has 0 amide bonds. The molecular weight excluding hydrogens is 246 g/mol. The first-order chi connectivity index (χ1) is 9.72. The first-order valence-corrected chi connectivity index (χ1v) is 7.54. The minimum atomic E-state index is 0.563. The van der Waals surface area contributed by atoms with Crippen molar-refractivity contribution in [3.8, 4) is 0 Å². The number of rotatable bonds is 2. The van der Waals surface area contributed by atoms with E-state index in [1.807, 2.05) is 0 Å². The maximum absolute atomic E-state index is 4.71. The number of hydrogen-bond donors (Lipinski definition) is 1. The summed E-state index contributed by atoms with van der Waals surface area (Å²) >= 11 is 0. The van der Waals surface area contributed by atoms with Gasteiger partial charge in [0.05, 0.1) is 11.2 Å². The lowest BCUT2D eigenvalue weighted by atomic mass is 10.1. The van der Waals surface area contributed by atoms with Crippen LogP contribution in [0.3, 0.4) is 0 Å². The standard InChI is InChI=1S/C17H23N3/c1-13-8-9-14-5-3-7-16(17(14)18-13)19-15-6-4-11-20(2)12-10-15/h3,5,7-9,15,19H,4,6,10-12H2,1-2H3. The highest BCUT2D eigenvalue weighted by molar-refractivity contribution is 5.90. The Morgan fingerprint density at radius 1 is 1.15 bits per heavy atom. The molecule has 0 aliphatic carbocycles. The van der Waals surface area contributed by atoms with Gasteiger partial charge in [-0.25, -0.2) is 0 Å². The minimum Gasteiger partial charge on any atom is -0.381 e. The van der Waals surface area contributed by atoms with Gasteiger partial charge >= 0.3 is 0 Å². The van der Waals surface area contributed by atoms with Crippen molar-refractivity contribution in [3.05, 3.63) is 36.0 Å². The van der Waals surface area contributed by atoms with Gasteiger partial charge < -0.3 is 10.2 Å². The largest absolute Gasteiger partial charge is 0.381 e. The molecule has 1 aromatic carbocycles. The van der Waals surface area contributed by atoms with Gasteiger partial charge in [0, 0.05) is 17.1 Å². The maximum atomic E-state index is 4.71. The number of nitrogens with one attached hydrogen (secondary N) is 1. The van der Waals surface area contributed by atoms with Crippen LogP contribution < -0.4 is 5.32 Å². The second-order valence-electron chi connectivity index (χ2n) is 5.91. The molecular formula is C17H23N3. The van der Waals surface area contributed by atoms with Crippen LogP contribution in [-0.4, -0.2) is 36.1 Å². The molecule has 1 N–H and O–H groups in total. The zero-order chi connectivity index (χ0) is 13.9. The lowest BCUT2D eigenvalue weighted by molar-refractivity contribution is 0.348. The van der Waals surface area contributed by atoms with Crippen LogP contribution in [0.2, 0.25) is 0 Å². The summed E-state index contributed by atoms with van der Waals surface area (Å²) < 4.78 is 0. The number of hydrogen-bond acceptors (Lipinski definition) is 3. The Morgan fingerprint density at radius 3 is 2.95 bits per heavy atom. The Labute approximate surface area is 121 Å². The topological polar surface area (TPSA) is 28.2 Å². The Hall–Kier alpha value is -1.61. The second-order valence-corrected chi connectivity index (χ2v) is 5.91. The fraction of sp³-hybridized carbons (Fsp3) is 0.471. The summed E-state index contributed by atoms with van der Waals surface area (Å²) in [6.07, 6.45) is 3.72. The fourth-order valence-corrected chi connectivity index (χ4v) is 2.97. The molecule has 1 aliphatic rings. The van der Waals surface area contributed by atoms with Gasteiger partial charge in [0.25, 0.3) is 0 Å². The predicted molar refractivity (Wildman–Crippen MR) is 85.2 cm³/mol. The smallest absolute Gasteiger partial charge is 0.0936 e. The Kier molecular flexibility index (Phi) is 3.88. The molecule has 20 heavy (non-hydrogen) atoms. The average molecular weight is 269 g/mol. The molecule has 1 fully saturated rings. The molecule has 1 aliphatic heterocycles. The molecule has 0 spiro atoms. The zero-order valence-electron chi connectivity index (χ0n) is 12.4. The Bertz CT molecular complexity index is 594. The van der Waals surface area contributed by atoms with Crippen LogP contribution in [0.5, 0.6) is 0 Å². The van der Waals surface area contributed by atoms with E-state index in [0.717, 1.165) is 11.2 Å². The number of benzene rings is 1. The van der Waals surface area contributed by atoms with E-state index in [1.54, 1.807) is 0 Å². The summed E-state index contributed by atoms with van der Waals surface area (Å²) in [5.41, 5.74) is 3.36. The molecule has 106 valence electrons. The van der Waals surface area contributed by atoms with Crippen molar-refractivity contribution in [2.24, 2.45) is 0 Å². The van der Waals surface area contributed by atoms with Gasteiger partial charge in [-0.05, 0) is 58.5 Å². The molecule has 3 nitrogen and oxygen atoms in total. The minimum absolute atomic E-state index is 0.563. The van der Waals surface area contributed by atoms with E-state index < -0.39 is 0 Å². The first-order valence-electron chi connectivity index (χ1n) is 7.54. The van der Waals surface area contributed by atoms with Crippen LogP contribution in [0.1, 0.15) is 25.0 Å². The van der Waals surface area contributed by atoms with Gasteiger partial charge in [-0.1, -0.05) is 18.2 Å². The third-order valence-electron chi connectivity index (χ3n) is 4.17. The predicted octanol–water partition coefficient (Wildman–Crippen LogP) is 3.44. The summed E-state index contributed by atoms with van der Waals surface area (Å²) in [4.78, 5) is 7.13. The fourth-order valence-electron chi connectivity index (χ4n) is 2.97. The van der Waals surface area contributed by atoms with E-state index in [2.05, 4.69) is 54.5 Å². The van der Waals surface area contributed by atoms with E-state index in [9.17, 15) is 0 Å². The van der Waals surface area contributed by atoms with Crippen LogP contribution in [-0.2, 0) is 0 Å². The van der Waals surface area contributed by atoms with Crippen LogP contribution in [0.25, 0.3) is 10.9 Å². The molecule has 2 aromatic rings. The summed E-state index contributed by atoms with van der Waals surface area (Å²) in [6, 6.07) is 11.2. The third kappa shape index (κ3) is 2.93. The van der Waals surface area contributed by atoms with Crippen molar-refractivity contribution < 1.29 is 0 Å². The normalized spacial score (nSPS) is 20.8.